The van der Waals surface area contributed by atoms with Gasteiger partial charge in [-0.1, -0.05) is 36.3 Å². The Kier molecular flexibility index (Phi) is 3.72. The summed E-state index contributed by atoms with van der Waals surface area (Å²) in [5.74, 6) is 5.64. The van der Waals surface area contributed by atoms with Crippen molar-refractivity contribution >= 4 is 5.91 Å². The number of carbonyl (C=O) groups excluding carboxylic acids is 1. The van der Waals surface area contributed by atoms with Crippen LogP contribution < -0.4 is 5.32 Å². The fraction of sp³-hybridized carbons (Fsp3) is 0.438. The van der Waals surface area contributed by atoms with E-state index in [0.29, 0.717) is 5.92 Å². The van der Waals surface area contributed by atoms with Gasteiger partial charge in [0.15, 0.2) is 0 Å². The first-order valence-corrected chi connectivity index (χ1v) is 6.43. The average Bonchev–Trinajstić information content (AvgIpc) is 3.14. The zero-order valence-corrected chi connectivity index (χ0v) is 11.0. The molecule has 1 unspecified atom stereocenters. The summed E-state index contributed by atoms with van der Waals surface area (Å²) in [6.07, 6.45) is 3.27. The molecule has 2 rings (SSSR count). The summed E-state index contributed by atoms with van der Waals surface area (Å²) in [5, 5.41) is 3.09. The molecule has 2 heteroatoms. The minimum atomic E-state index is -0.164. The Hall–Kier alpha value is -1.75. The Labute approximate surface area is 109 Å². The molecule has 1 N–H and O–H groups in total. The van der Waals surface area contributed by atoms with Gasteiger partial charge in [-0.2, -0.15) is 0 Å². The molecule has 0 aromatic heterocycles. The molecule has 1 saturated carbocycles. The molecule has 1 aromatic carbocycles. The molecule has 0 saturated heterocycles. The summed E-state index contributed by atoms with van der Waals surface area (Å²) >= 11 is 0. The first kappa shape index (κ1) is 12.7. The largest absolute Gasteiger partial charge is 0.339 e. The zero-order valence-electron chi connectivity index (χ0n) is 11.0. The van der Waals surface area contributed by atoms with Crippen LogP contribution in [0.5, 0.6) is 0 Å². The second-order valence-electron chi connectivity index (χ2n) is 5.18. The highest BCUT2D eigenvalue weighted by Crippen LogP contribution is 2.41. The molecule has 94 valence electrons. The van der Waals surface area contributed by atoms with Crippen molar-refractivity contribution in [2.45, 2.75) is 38.6 Å². The van der Waals surface area contributed by atoms with Gasteiger partial charge in [-0.3, -0.25) is 4.79 Å². The van der Waals surface area contributed by atoms with Crippen LogP contribution >= 0.6 is 0 Å². The molecular formula is C16H19NO. The minimum Gasteiger partial charge on any atom is -0.339 e. The molecule has 1 amide bonds. The van der Waals surface area contributed by atoms with Crippen molar-refractivity contribution in [3.63, 3.8) is 0 Å². The third-order valence-corrected chi connectivity index (χ3v) is 3.53. The van der Waals surface area contributed by atoms with Crippen LogP contribution in [0.4, 0.5) is 0 Å². The van der Waals surface area contributed by atoms with Gasteiger partial charge < -0.3 is 5.32 Å². The van der Waals surface area contributed by atoms with E-state index in [2.05, 4.69) is 36.2 Å². The summed E-state index contributed by atoms with van der Waals surface area (Å²) in [5.41, 5.74) is 1.10. The van der Waals surface area contributed by atoms with Gasteiger partial charge in [0.05, 0.1) is 0 Å². The van der Waals surface area contributed by atoms with E-state index < -0.39 is 0 Å². The SMILES string of the molecule is CC#CC(=O)NC(C)(Cc1ccccc1)C1CC1. The van der Waals surface area contributed by atoms with Crippen molar-refractivity contribution in [1.82, 2.24) is 5.32 Å². The maximum Gasteiger partial charge on any atom is 0.296 e. The van der Waals surface area contributed by atoms with E-state index in [1.165, 1.54) is 18.4 Å². The van der Waals surface area contributed by atoms with Crippen LogP contribution in [-0.4, -0.2) is 11.4 Å². The van der Waals surface area contributed by atoms with Gasteiger partial charge in [0.1, 0.15) is 0 Å². The van der Waals surface area contributed by atoms with Gasteiger partial charge in [0.2, 0.25) is 0 Å². The fourth-order valence-electron chi connectivity index (χ4n) is 2.44. The van der Waals surface area contributed by atoms with Gasteiger partial charge in [-0.25, -0.2) is 0 Å². The van der Waals surface area contributed by atoms with E-state index in [1.54, 1.807) is 6.92 Å². The Balaban J connectivity index is 2.11. The van der Waals surface area contributed by atoms with Crippen LogP contribution in [0, 0.1) is 17.8 Å². The van der Waals surface area contributed by atoms with E-state index in [1.807, 2.05) is 18.2 Å². The standard InChI is InChI=1S/C16H19NO/c1-3-7-15(18)17-16(2,14-10-11-14)12-13-8-5-4-6-9-13/h4-6,8-9,14H,10-12H2,1-2H3,(H,17,18). The number of nitrogens with one attached hydrogen (secondary N) is 1. The van der Waals surface area contributed by atoms with E-state index >= 15 is 0 Å². The Morgan fingerprint density at radius 2 is 2.06 bits per heavy atom. The monoisotopic (exact) mass is 241 g/mol. The van der Waals surface area contributed by atoms with Crippen LogP contribution in [0.25, 0.3) is 0 Å². The lowest BCUT2D eigenvalue weighted by atomic mass is 9.88. The van der Waals surface area contributed by atoms with Gasteiger partial charge in [-0.15, -0.1) is 0 Å². The van der Waals surface area contributed by atoms with Crippen molar-refractivity contribution in [2.24, 2.45) is 5.92 Å². The maximum absolute atomic E-state index is 11.7. The van der Waals surface area contributed by atoms with Crippen LogP contribution in [-0.2, 0) is 11.2 Å². The molecule has 1 aliphatic carbocycles. The lowest BCUT2D eigenvalue weighted by Gasteiger charge is -2.30. The van der Waals surface area contributed by atoms with Crippen molar-refractivity contribution in [3.8, 4) is 11.8 Å². The zero-order chi connectivity index (χ0) is 13.0. The van der Waals surface area contributed by atoms with Crippen molar-refractivity contribution in [1.29, 1.82) is 0 Å². The van der Waals surface area contributed by atoms with E-state index in [-0.39, 0.29) is 11.4 Å². The summed E-state index contributed by atoms with van der Waals surface area (Å²) in [4.78, 5) is 11.7. The van der Waals surface area contributed by atoms with E-state index in [0.717, 1.165) is 6.42 Å². The smallest absolute Gasteiger partial charge is 0.296 e. The highest BCUT2D eigenvalue weighted by Gasteiger charge is 2.42. The normalized spacial score (nSPS) is 17.2. The molecule has 0 heterocycles. The minimum absolute atomic E-state index is 0.164. The Bertz CT molecular complexity index is 479. The van der Waals surface area contributed by atoms with E-state index in [4.69, 9.17) is 0 Å². The van der Waals surface area contributed by atoms with Crippen LogP contribution in [0.3, 0.4) is 0 Å². The third-order valence-electron chi connectivity index (χ3n) is 3.53. The summed E-state index contributed by atoms with van der Waals surface area (Å²) in [7, 11) is 0. The number of amides is 1. The lowest BCUT2D eigenvalue weighted by Crippen LogP contribution is -2.49. The van der Waals surface area contributed by atoms with Gasteiger partial charge >= 0.3 is 0 Å². The molecular weight excluding hydrogens is 222 g/mol. The molecule has 1 aliphatic rings. The lowest BCUT2D eigenvalue weighted by molar-refractivity contribution is -0.117. The number of hydrogen-bond acceptors (Lipinski definition) is 1. The summed E-state index contributed by atoms with van der Waals surface area (Å²) < 4.78 is 0. The average molecular weight is 241 g/mol. The summed E-state index contributed by atoms with van der Waals surface area (Å²) in [6, 6.07) is 10.3. The summed E-state index contributed by atoms with van der Waals surface area (Å²) in [6.45, 7) is 3.82. The number of rotatable bonds is 4. The molecule has 0 radical (unpaired) electrons. The first-order chi connectivity index (χ1) is 8.64. The molecule has 2 nitrogen and oxygen atoms in total. The first-order valence-electron chi connectivity index (χ1n) is 6.43. The topological polar surface area (TPSA) is 29.1 Å². The quantitative estimate of drug-likeness (QED) is 0.806. The van der Waals surface area contributed by atoms with Gasteiger partial charge in [-0.05, 0) is 50.5 Å². The second kappa shape index (κ2) is 5.27. The van der Waals surface area contributed by atoms with Crippen LogP contribution in [0.15, 0.2) is 30.3 Å². The van der Waals surface area contributed by atoms with E-state index in [9.17, 15) is 4.79 Å². The molecule has 0 aliphatic heterocycles. The fourth-order valence-corrected chi connectivity index (χ4v) is 2.44. The molecule has 0 spiro atoms. The van der Waals surface area contributed by atoms with Crippen molar-refractivity contribution in [2.75, 3.05) is 0 Å². The highest BCUT2D eigenvalue weighted by atomic mass is 16.1. The molecule has 1 fully saturated rings. The number of hydrogen-bond donors (Lipinski definition) is 1. The Morgan fingerprint density at radius 1 is 1.39 bits per heavy atom. The molecule has 1 aromatic rings. The molecule has 18 heavy (non-hydrogen) atoms. The second-order valence-corrected chi connectivity index (χ2v) is 5.18. The van der Waals surface area contributed by atoms with Crippen LogP contribution in [0.1, 0.15) is 32.3 Å². The van der Waals surface area contributed by atoms with Crippen molar-refractivity contribution < 1.29 is 4.79 Å². The highest BCUT2D eigenvalue weighted by molar-refractivity contribution is 5.94. The van der Waals surface area contributed by atoms with Crippen LogP contribution in [0.2, 0.25) is 0 Å². The molecule has 0 bridgehead atoms. The number of benzene rings is 1. The van der Waals surface area contributed by atoms with Crippen molar-refractivity contribution in [3.05, 3.63) is 35.9 Å². The Morgan fingerprint density at radius 3 is 2.61 bits per heavy atom. The van der Waals surface area contributed by atoms with Gasteiger partial charge in [0.25, 0.3) is 5.91 Å². The third kappa shape index (κ3) is 3.13. The number of carbonyl (C=O) groups is 1. The predicted molar refractivity (Wildman–Crippen MR) is 72.9 cm³/mol. The predicted octanol–water partition coefficient (Wildman–Crippen LogP) is 2.54. The van der Waals surface area contributed by atoms with Gasteiger partial charge in [0, 0.05) is 5.54 Å². The maximum atomic E-state index is 11.7. The molecule has 1 atom stereocenters.